The van der Waals surface area contributed by atoms with Gasteiger partial charge in [0, 0.05) is 23.6 Å². The zero-order chi connectivity index (χ0) is 19.6. The summed E-state index contributed by atoms with van der Waals surface area (Å²) in [6.45, 7) is 1.68. The molecule has 0 saturated carbocycles. The van der Waals surface area contributed by atoms with Crippen LogP contribution < -0.4 is 5.43 Å². The first kappa shape index (κ1) is 17.7. The van der Waals surface area contributed by atoms with E-state index in [1.807, 2.05) is 0 Å². The maximum absolute atomic E-state index is 12.3. The maximum atomic E-state index is 12.3. The Morgan fingerprint density at radius 1 is 1.11 bits per heavy atom. The number of aryl methyl sites for hydroxylation is 1. The van der Waals surface area contributed by atoms with Gasteiger partial charge in [0.2, 0.25) is 0 Å². The minimum Gasteiger partial charge on any atom is -0.345 e. The van der Waals surface area contributed by atoms with Crippen LogP contribution in [0.4, 0.5) is 11.4 Å². The Balaban J connectivity index is 1.80. The van der Waals surface area contributed by atoms with E-state index < -0.39 is 15.8 Å². The van der Waals surface area contributed by atoms with Crippen LogP contribution in [-0.4, -0.2) is 27.0 Å². The number of hydrogen-bond donors (Lipinski definition) is 2. The number of carbonyl (C=O) groups excluding carboxylic acids is 1. The molecule has 10 heteroatoms. The lowest BCUT2D eigenvalue weighted by atomic mass is 10.1. The van der Waals surface area contributed by atoms with Crippen LogP contribution in [0.2, 0.25) is 0 Å². The summed E-state index contributed by atoms with van der Waals surface area (Å²) < 4.78 is 0. The largest absolute Gasteiger partial charge is 0.345 e. The van der Waals surface area contributed by atoms with Gasteiger partial charge in [-0.15, -0.1) is 0 Å². The summed E-state index contributed by atoms with van der Waals surface area (Å²) in [5.74, 6) is -0.559. The van der Waals surface area contributed by atoms with Gasteiger partial charge >= 0.3 is 0 Å². The van der Waals surface area contributed by atoms with Gasteiger partial charge in [-0.2, -0.15) is 5.10 Å². The van der Waals surface area contributed by atoms with Crippen molar-refractivity contribution in [3.8, 4) is 0 Å². The van der Waals surface area contributed by atoms with Gasteiger partial charge < -0.3 is 4.98 Å². The fraction of sp³-hybridized carbons (Fsp3) is 0.0588. The molecular formula is C17H13N5O5. The molecule has 0 aliphatic heterocycles. The summed E-state index contributed by atoms with van der Waals surface area (Å²) >= 11 is 0. The quantitative estimate of drug-likeness (QED) is 0.404. The lowest BCUT2D eigenvalue weighted by Crippen LogP contribution is -2.19. The van der Waals surface area contributed by atoms with Crippen molar-refractivity contribution in [3.05, 3.63) is 79.5 Å². The fourth-order valence-corrected chi connectivity index (χ4v) is 2.62. The smallest absolute Gasteiger partial charge is 0.293 e. The Morgan fingerprint density at radius 3 is 2.44 bits per heavy atom. The van der Waals surface area contributed by atoms with Crippen molar-refractivity contribution in [2.75, 3.05) is 0 Å². The van der Waals surface area contributed by atoms with Crippen LogP contribution in [0, 0.1) is 27.2 Å². The van der Waals surface area contributed by atoms with Gasteiger partial charge in [0.25, 0.3) is 17.3 Å². The second-order valence-electron chi connectivity index (χ2n) is 5.63. The van der Waals surface area contributed by atoms with Crippen molar-refractivity contribution in [2.24, 2.45) is 5.10 Å². The first-order chi connectivity index (χ1) is 12.9. The summed E-state index contributed by atoms with van der Waals surface area (Å²) in [6.07, 6.45) is 1.34. The van der Waals surface area contributed by atoms with E-state index >= 15 is 0 Å². The van der Waals surface area contributed by atoms with Gasteiger partial charge in [0.1, 0.15) is 11.2 Å². The number of fused-ring (bicyclic) bond motifs is 1. The molecule has 0 atom stereocenters. The highest BCUT2D eigenvalue weighted by molar-refractivity contribution is 6.03. The highest BCUT2D eigenvalue weighted by Gasteiger charge is 2.20. The number of carbonyl (C=O) groups is 1. The van der Waals surface area contributed by atoms with Crippen LogP contribution in [0.25, 0.3) is 10.9 Å². The number of amides is 1. The minimum absolute atomic E-state index is 0.0496. The van der Waals surface area contributed by atoms with Gasteiger partial charge in [-0.3, -0.25) is 25.0 Å². The number of H-pyrrole nitrogens is 1. The van der Waals surface area contributed by atoms with Crippen molar-refractivity contribution in [1.29, 1.82) is 0 Å². The number of aromatic nitrogens is 1. The van der Waals surface area contributed by atoms with Crippen LogP contribution >= 0.6 is 0 Å². The molecule has 10 nitrogen and oxygen atoms in total. The Kier molecular flexibility index (Phi) is 4.62. The van der Waals surface area contributed by atoms with Crippen LogP contribution in [0.15, 0.2) is 47.6 Å². The van der Waals surface area contributed by atoms with E-state index in [9.17, 15) is 25.0 Å². The molecule has 1 amide bonds. The number of nitrogens with one attached hydrogen (secondary N) is 2. The third kappa shape index (κ3) is 3.49. The molecule has 0 fully saturated rings. The van der Waals surface area contributed by atoms with Crippen molar-refractivity contribution >= 4 is 34.4 Å². The molecule has 3 rings (SSSR count). The first-order valence-corrected chi connectivity index (χ1v) is 7.72. The number of para-hydroxylation sites is 1. The molecule has 3 aromatic rings. The minimum atomic E-state index is -0.559. The monoisotopic (exact) mass is 367 g/mol. The summed E-state index contributed by atoms with van der Waals surface area (Å²) in [5.41, 5.74) is 3.72. The Morgan fingerprint density at radius 2 is 1.81 bits per heavy atom. The molecule has 0 aliphatic carbocycles. The van der Waals surface area contributed by atoms with E-state index in [1.54, 1.807) is 19.1 Å². The second-order valence-corrected chi connectivity index (χ2v) is 5.63. The van der Waals surface area contributed by atoms with E-state index in [-0.39, 0.29) is 22.6 Å². The van der Waals surface area contributed by atoms with Crippen molar-refractivity contribution in [2.45, 2.75) is 6.92 Å². The maximum Gasteiger partial charge on any atom is 0.293 e. The standard InChI is InChI=1S/C17H13N5O5/c1-10-13-3-2-4-14(22(26)27)16(13)19-15(10)17(23)20-18-9-11-5-7-12(8-6-11)21(24)25/h2-9,19H,1H3,(H,20,23). The summed E-state index contributed by atoms with van der Waals surface area (Å²) in [7, 11) is 0. The molecule has 136 valence electrons. The number of non-ortho nitro benzene ring substituents is 2. The molecule has 2 N–H and O–H groups in total. The number of benzene rings is 2. The molecular weight excluding hydrogens is 354 g/mol. The predicted molar refractivity (Wildman–Crippen MR) is 97.8 cm³/mol. The average Bonchev–Trinajstić information content (AvgIpc) is 2.99. The number of nitrogens with zero attached hydrogens (tertiary/aromatic N) is 3. The van der Waals surface area contributed by atoms with E-state index in [1.165, 1.54) is 36.5 Å². The summed E-state index contributed by atoms with van der Waals surface area (Å²) in [6, 6.07) is 10.2. The molecule has 0 saturated heterocycles. The van der Waals surface area contributed by atoms with E-state index in [0.717, 1.165) is 0 Å². The lowest BCUT2D eigenvalue weighted by Gasteiger charge is -1.99. The number of hydrazone groups is 1. The molecule has 0 bridgehead atoms. The zero-order valence-corrected chi connectivity index (χ0v) is 14.0. The number of nitro groups is 2. The van der Waals surface area contributed by atoms with Crippen LogP contribution in [0.1, 0.15) is 21.6 Å². The zero-order valence-electron chi connectivity index (χ0n) is 14.0. The third-order valence-corrected chi connectivity index (χ3v) is 3.98. The van der Waals surface area contributed by atoms with Gasteiger partial charge in [0.15, 0.2) is 0 Å². The molecule has 1 heterocycles. The molecule has 0 spiro atoms. The Labute approximate surface area is 151 Å². The van der Waals surface area contributed by atoms with Crippen molar-refractivity contribution < 1.29 is 14.6 Å². The molecule has 0 radical (unpaired) electrons. The number of hydrogen-bond acceptors (Lipinski definition) is 6. The van der Waals surface area contributed by atoms with Crippen molar-refractivity contribution in [3.63, 3.8) is 0 Å². The molecule has 1 aromatic heterocycles. The molecule has 0 unspecified atom stereocenters. The number of aromatic amines is 1. The third-order valence-electron chi connectivity index (χ3n) is 3.98. The molecule has 2 aromatic carbocycles. The first-order valence-electron chi connectivity index (χ1n) is 7.72. The summed E-state index contributed by atoms with van der Waals surface area (Å²) in [5, 5.41) is 26.1. The van der Waals surface area contributed by atoms with E-state index in [4.69, 9.17) is 0 Å². The lowest BCUT2D eigenvalue weighted by molar-refractivity contribution is -0.384. The SMILES string of the molecule is Cc1c(C(=O)NN=Cc2ccc([N+](=O)[O-])cc2)[nH]c2c([N+](=O)[O-])cccc12. The fourth-order valence-electron chi connectivity index (χ4n) is 2.62. The van der Waals surface area contributed by atoms with Crippen LogP contribution in [0.3, 0.4) is 0 Å². The van der Waals surface area contributed by atoms with Crippen LogP contribution in [-0.2, 0) is 0 Å². The normalized spacial score (nSPS) is 11.0. The van der Waals surface area contributed by atoms with Gasteiger partial charge in [0.05, 0.1) is 16.1 Å². The van der Waals surface area contributed by atoms with Gasteiger partial charge in [-0.25, -0.2) is 5.43 Å². The molecule has 27 heavy (non-hydrogen) atoms. The predicted octanol–water partition coefficient (Wildman–Crippen LogP) is 3.06. The van der Waals surface area contributed by atoms with E-state index in [2.05, 4.69) is 15.5 Å². The topological polar surface area (TPSA) is 144 Å². The highest BCUT2D eigenvalue weighted by atomic mass is 16.6. The highest BCUT2D eigenvalue weighted by Crippen LogP contribution is 2.29. The van der Waals surface area contributed by atoms with Gasteiger partial charge in [-0.05, 0) is 30.2 Å². The van der Waals surface area contributed by atoms with Gasteiger partial charge in [-0.1, -0.05) is 12.1 Å². The van der Waals surface area contributed by atoms with Crippen LogP contribution in [0.5, 0.6) is 0 Å². The Hall–Kier alpha value is -4.08. The second kappa shape index (κ2) is 7.04. The number of nitro benzene ring substituents is 2. The van der Waals surface area contributed by atoms with Crippen molar-refractivity contribution in [1.82, 2.24) is 10.4 Å². The van der Waals surface area contributed by atoms with E-state index in [0.29, 0.717) is 16.5 Å². The Bertz CT molecular complexity index is 1090. The molecule has 0 aliphatic rings. The summed E-state index contributed by atoms with van der Waals surface area (Å²) in [4.78, 5) is 35.8. The number of rotatable bonds is 5. The average molecular weight is 367 g/mol.